The van der Waals surface area contributed by atoms with Gasteiger partial charge < -0.3 is 0 Å². The Kier molecular flexibility index (Phi) is 2.52. The van der Waals surface area contributed by atoms with Crippen molar-refractivity contribution < 1.29 is 0 Å². The first kappa shape index (κ1) is 11.2. The van der Waals surface area contributed by atoms with Crippen LogP contribution in [0.4, 0.5) is 0 Å². The first-order chi connectivity index (χ1) is 8.63. The van der Waals surface area contributed by atoms with Crippen LogP contribution in [0.15, 0.2) is 30.6 Å². The average Bonchev–Trinajstić information content (AvgIpc) is 2.70. The van der Waals surface area contributed by atoms with Crippen molar-refractivity contribution in [2.75, 3.05) is 0 Å². The standard InChI is InChI=1S/C13H11ClN4/c1-8-3-9(2)5-11(4-8)18-12-10(7-16-18)6-15-13(14)17-12/h3-7H,1-2H3. The molecule has 5 heteroatoms. The summed E-state index contributed by atoms with van der Waals surface area (Å²) in [5.41, 5.74) is 4.08. The predicted octanol–water partition coefficient (Wildman–Crippen LogP) is 3.09. The van der Waals surface area contributed by atoms with E-state index < -0.39 is 0 Å². The van der Waals surface area contributed by atoms with Crippen LogP contribution in [-0.2, 0) is 0 Å². The van der Waals surface area contributed by atoms with Crippen molar-refractivity contribution in [3.8, 4) is 5.69 Å². The van der Waals surface area contributed by atoms with Gasteiger partial charge in [0, 0.05) is 6.20 Å². The Labute approximate surface area is 109 Å². The molecule has 4 nitrogen and oxygen atoms in total. The largest absolute Gasteiger partial charge is 0.226 e. The third-order valence-electron chi connectivity index (χ3n) is 2.73. The van der Waals surface area contributed by atoms with Crippen molar-refractivity contribution >= 4 is 22.6 Å². The van der Waals surface area contributed by atoms with Crippen LogP contribution >= 0.6 is 11.6 Å². The van der Waals surface area contributed by atoms with E-state index in [2.05, 4.69) is 47.1 Å². The molecule has 90 valence electrons. The highest BCUT2D eigenvalue weighted by Gasteiger charge is 2.08. The van der Waals surface area contributed by atoms with Gasteiger partial charge in [0.25, 0.3) is 0 Å². The fourth-order valence-corrected chi connectivity index (χ4v) is 2.19. The zero-order valence-electron chi connectivity index (χ0n) is 10.1. The number of nitrogens with zero attached hydrogens (tertiary/aromatic N) is 4. The topological polar surface area (TPSA) is 43.6 Å². The van der Waals surface area contributed by atoms with E-state index in [0.29, 0.717) is 0 Å². The Hall–Kier alpha value is -1.94. The Bertz CT molecular complexity index is 713. The summed E-state index contributed by atoms with van der Waals surface area (Å²) in [4.78, 5) is 8.18. The zero-order chi connectivity index (χ0) is 12.7. The van der Waals surface area contributed by atoms with E-state index in [-0.39, 0.29) is 5.28 Å². The molecule has 0 amide bonds. The lowest BCUT2D eigenvalue weighted by Gasteiger charge is -2.05. The molecule has 3 aromatic rings. The summed E-state index contributed by atoms with van der Waals surface area (Å²) in [5.74, 6) is 0. The summed E-state index contributed by atoms with van der Waals surface area (Å²) in [6.07, 6.45) is 3.42. The van der Waals surface area contributed by atoms with Gasteiger partial charge in [-0.05, 0) is 48.7 Å². The van der Waals surface area contributed by atoms with Crippen LogP contribution in [0.5, 0.6) is 0 Å². The minimum atomic E-state index is 0.230. The molecule has 2 aromatic heterocycles. The highest BCUT2D eigenvalue weighted by atomic mass is 35.5. The van der Waals surface area contributed by atoms with Gasteiger partial charge in [0.2, 0.25) is 5.28 Å². The molecule has 0 aliphatic carbocycles. The van der Waals surface area contributed by atoms with Crippen LogP contribution < -0.4 is 0 Å². The van der Waals surface area contributed by atoms with Gasteiger partial charge >= 0.3 is 0 Å². The van der Waals surface area contributed by atoms with E-state index in [0.717, 1.165) is 16.7 Å². The lowest BCUT2D eigenvalue weighted by Crippen LogP contribution is -1.99. The molecule has 0 bridgehead atoms. The zero-order valence-corrected chi connectivity index (χ0v) is 10.8. The molecule has 0 fully saturated rings. The Morgan fingerprint density at radius 2 is 1.78 bits per heavy atom. The highest BCUT2D eigenvalue weighted by molar-refractivity contribution is 6.28. The Balaban J connectivity index is 2.27. The normalized spacial score (nSPS) is 11.1. The number of aryl methyl sites for hydroxylation is 2. The molecule has 0 spiro atoms. The first-order valence-electron chi connectivity index (χ1n) is 5.58. The van der Waals surface area contributed by atoms with E-state index in [9.17, 15) is 0 Å². The maximum Gasteiger partial charge on any atom is 0.224 e. The Morgan fingerprint density at radius 1 is 1.06 bits per heavy atom. The number of fused-ring (bicyclic) bond motifs is 1. The first-order valence-corrected chi connectivity index (χ1v) is 5.96. The van der Waals surface area contributed by atoms with Crippen molar-refractivity contribution in [1.29, 1.82) is 0 Å². The lowest BCUT2D eigenvalue weighted by molar-refractivity contribution is 0.892. The van der Waals surface area contributed by atoms with Crippen LogP contribution in [0.2, 0.25) is 5.28 Å². The van der Waals surface area contributed by atoms with Crippen LogP contribution in [-0.4, -0.2) is 19.7 Å². The quantitative estimate of drug-likeness (QED) is 0.630. The molecule has 3 rings (SSSR count). The molecule has 0 aliphatic heterocycles. The second-order valence-electron chi connectivity index (χ2n) is 4.32. The van der Waals surface area contributed by atoms with E-state index in [1.54, 1.807) is 17.1 Å². The monoisotopic (exact) mass is 258 g/mol. The molecule has 0 saturated heterocycles. The molecule has 0 N–H and O–H groups in total. The van der Waals surface area contributed by atoms with Crippen molar-refractivity contribution in [2.24, 2.45) is 0 Å². The van der Waals surface area contributed by atoms with Crippen LogP contribution in [0.25, 0.3) is 16.7 Å². The van der Waals surface area contributed by atoms with Crippen LogP contribution in [0, 0.1) is 13.8 Å². The van der Waals surface area contributed by atoms with Gasteiger partial charge in [0.1, 0.15) is 0 Å². The number of aromatic nitrogens is 4. The summed E-state index contributed by atoms with van der Waals surface area (Å²) in [5, 5.41) is 5.45. The minimum Gasteiger partial charge on any atom is -0.226 e. The average molecular weight is 259 g/mol. The molecular weight excluding hydrogens is 248 g/mol. The Morgan fingerprint density at radius 3 is 2.50 bits per heavy atom. The van der Waals surface area contributed by atoms with E-state index in [1.807, 2.05) is 0 Å². The number of benzene rings is 1. The fraction of sp³-hybridized carbons (Fsp3) is 0.154. The lowest BCUT2D eigenvalue weighted by atomic mass is 10.1. The van der Waals surface area contributed by atoms with E-state index >= 15 is 0 Å². The molecule has 0 aliphatic rings. The van der Waals surface area contributed by atoms with E-state index in [4.69, 9.17) is 11.6 Å². The van der Waals surface area contributed by atoms with Crippen molar-refractivity contribution in [1.82, 2.24) is 19.7 Å². The SMILES string of the molecule is Cc1cc(C)cc(-n2ncc3cnc(Cl)nc32)c1. The molecule has 1 aromatic carbocycles. The summed E-state index contributed by atoms with van der Waals surface area (Å²) in [6, 6.07) is 6.25. The minimum absolute atomic E-state index is 0.230. The van der Waals surface area contributed by atoms with Gasteiger partial charge in [0.05, 0.1) is 17.3 Å². The number of rotatable bonds is 1. The summed E-state index contributed by atoms with van der Waals surface area (Å²) >= 11 is 5.83. The smallest absolute Gasteiger partial charge is 0.224 e. The van der Waals surface area contributed by atoms with E-state index in [1.165, 1.54) is 11.1 Å². The number of hydrogen-bond acceptors (Lipinski definition) is 3. The third-order valence-corrected chi connectivity index (χ3v) is 2.91. The van der Waals surface area contributed by atoms with Crippen molar-refractivity contribution in [3.05, 3.63) is 47.0 Å². The molecule has 18 heavy (non-hydrogen) atoms. The predicted molar refractivity (Wildman–Crippen MR) is 71.1 cm³/mol. The van der Waals surface area contributed by atoms with Gasteiger partial charge in [-0.2, -0.15) is 10.1 Å². The maximum absolute atomic E-state index is 5.83. The van der Waals surface area contributed by atoms with Gasteiger partial charge in [-0.15, -0.1) is 0 Å². The molecule has 2 heterocycles. The molecule has 0 atom stereocenters. The fourth-order valence-electron chi connectivity index (χ4n) is 2.06. The molecule has 0 saturated carbocycles. The summed E-state index contributed by atoms with van der Waals surface area (Å²) < 4.78 is 1.78. The van der Waals surface area contributed by atoms with Gasteiger partial charge in [-0.25, -0.2) is 9.67 Å². The van der Waals surface area contributed by atoms with Gasteiger partial charge in [0.15, 0.2) is 5.65 Å². The molecule has 0 radical (unpaired) electrons. The third kappa shape index (κ3) is 1.84. The van der Waals surface area contributed by atoms with Gasteiger partial charge in [-0.1, -0.05) is 6.07 Å². The number of hydrogen-bond donors (Lipinski definition) is 0. The highest BCUT2D eigenvalue weighted by Crippen LogP contribution is 2.19. The second kappa shape index (κ2) is 4.07. The van der Waals surface area contributed by atoms with Crippen molar-refractivity contribution in [3.63, 3.8) is 0 Å². The summed E-state index contributed by atoms with van der Waals surface area (Å²) in [7, 11) is 0. The van der Waals surface area contributed by atoms with Crippen LogP contribution in [0.1, 0.15) is 11.1 Å². The summed E-state index contributed by atoms with van der Waals surface area (Å²) in [6.45, 7) is 4.12. The molecular formula is C13H11ClN4. The number of halogens is 1. The van der Waals surface area contributed by atoms with Crippen molar-refractivity contribution in [2.45, 2.75) is 13.8 Å². The van der Waals surface area contributed by atoms with Crippen LogP contribution in [0.3, 0.4) is 0 Å². The molecule has 0 unspecified atom stereocenters. The van der Waals surface area contributed by atoms with Gasteiger partial charge in [-0.3, -0.25) is 0 Å². The second-order valence-corrected chi connectivity index (χ2v) is 4.66. The maximum atomic E-state index is 5.83.